The van der Waals surface area contributed by atoms with Gasteiger partial charge in [0.25, 0.3) is 0 Å². The molecule has 106 valence electrons. The molecule has 0 aliphatic rings. The topological polar surface area (TPSA) is 87.6 Å². The minimum absolute atomic E-state index is 0.00131. The first-order valence-corrected chi connectivity index (χ1v) is 6.11. The number of halogens is 1. The molecule has 0 spiro atoms. The highest BCUT2D eigenvalue weighted by molar-refractivity contribution is 6.33. The molecule has 2 rings (SSSR count). The largest absolute Gasteiger partial charge is 0.496 e. The van der Waals surface area contributed by atoms with E-state index in [9.17, 15) is 4.79 Å². The SMILES string of the molecule is COc1cc(N)c(Cl)cc1C(=O)OCc1cc(C)on1. The molecule has 20 heavy (non-hydrogen) atoms. The quantitative estimate of drug-likeness (QED) is 0.689. The number of nitrogens with zero attached hydrogens (tertiary/aromatic N) is 1. The van der Waals surface area contributed by atoms with Crippen LogP contribution in [0.2, 0.25) is 5.02 Å². The van der Waals surface area contributed by atoms with Crippen LogP contribution < -0.4 is 10.5 Å². The Morgan fingerprint density at radius 1 is 1.45 bits per heavy atom. The molecular weight excluding hydrogens is 284 g/mol. The van der Waals surface area contributed by atoms with Gasteiger partial charge in [-0.3, -0.25) is 0 Å². The fourth-order valence-corrected chi connectivity index (χ4v) is 1.76. The Hall–Kier alpha value is -2.21. The van der Waals surface area contributed by atoms with E-state index in [0.717, 1.165) is 0 Å². The molecule has 0 saturated heterocycles. The van der Waals surface area contributed by atoms with E-state index in [2.05, 4.69) is 5.16 Å². The van der Waals surface area contributed by atoms with Crippen LogP contribution in [-0.2, 0) is 11.3 Å². The molecule has 0 radical (unpaired) electrons. The number of anilines is 1. The minimum atomic E-state index is -0.579. The summed E-state index contributed by atoms with van der Waals surface area (Å²) >= 11 is 5.89. The molecule has 0 amide bonds. The van der Waals surface area contributed by atoms with Crippen LogP contribution in [0.5, 0.6) is 5.75 Å². The normalized spacial score (nSPS) is 10.3. The van der Waals surface area contributed by atoms with Gasteiger partial charge in [0.1, 0.15) is 29.4 Å². The molecule has 1 aromatic carbocycles. The number of carbonyl (C=O) groups is 1. The summed E-state index contributed by atoms with van der Waals surface area (Å²) in [6.45, 7) is 1.75. The molecule has 0 fully saturated rings. The lowest BCUT2D eigenvalue weighted by Gasteiger charge is -2.10. The fourth-order valence-electron chi connectivity index (χ4n) is 1.60. The van der Waals surface area contributed by atoms with Crippen LogP contribution >= 0.6 is 11.6 Å². The molecule has 0 aliphatic carbocycles. The Morgan fingerprint density at radius 3 is 2.80 bits per heavy atom. The second-order valence-electron chi connectivity index (χ2n) is 4.08. The summed E-state index contributed by atoms with van der Waals surface area (Å²) < 4.78 is 15.1. The van der Waals surface area contributed by atoms with Crippen molar-refractivity contribution in [2.45, 2.75) is 13.5 Å². The number of esters is 1. The third-order valence-corrected chi connectivity index (χ3v) is 2.89. The number of nitrogen functional groups attached to an aromatic ring is 1. The average molecular weight is 297 g/mol. The van der Waals surface area contributed by atoms with Crippen molar-refractivity contribution in [2.75, 3.05) is 12.8 Å². The van der Waals surface area contributed by atoms with Gasteiger partial charge in [-0.25, -0.2) is 4.79 Å². The van der Waals surface area contributed by atoms with Gasteiger partial charge in [0.05, 0.1) is 17.8 Å². The average Bonchev–Trinajstić information content (AvgIpc) is 2.84. The van der Waals surface area contributed by atoms with Gasteiger partial charge in [-0.1, -0.05) is 16.8 Å². The lowest BCUT2D eigenvalue weighted by molar-refractivity contribution is 0.0460. The zero-order chi connectivity index (χ0) is 14.7. The number of ether oxygens (including phenoxy) is 2. The van der Waals surface area contributed by atoms with Crippen LogP contribution in [0, 0.1) is 6.92 Å². The molecule has 0 bridgehead atoms. The zero-order valence-electron chi connectivity index (χ0n) is 11.0. The Labute approximate surface area is 120 Å². The summed E-state index contributed by atoms with van der Waals surface area (Å²) in [4.78, 5) is 12.0. The van der Waals surface area contributed by atoms with Crippen LogP contribution in [0.15, 0.2) is 22.7 Å². The molecule has 2 aromatic rings. The highest BCUT2D eigenvalue weighted by Crippen LogP contribution is 2.29. The van der Waals surface area contributed by atoms with E-state index in [1.165, 1.54) is 19.2 Å². The first-order chi connectivity index (χ1) is 9.51. The van der Waals surface area contributed by atoms with Gasteiger partial charge in [0.2, 0.25) is 0 Å². The lowest BCUT2D eigenvalue weighted by atomic mass is 10.2. The first kappa shape index (κ1) is 14.2. The van der Waals surface area contributed by atoms with Gasteiger partial charge >= 0.3 is 5.97 Å². The summed E-state index contributed by atoms with van der Waals surface area (Å²) in [7, 11) is 1.43. The number of methoxy groups -OCH3 is 1. The zero-order valence-corrected chi connectivity index (χ0v) is 11.7. The molecule has 6 nitrogen and oxygen atoms in total. The maximum atomic E-state index is 12.0. The van der Waals surface area contributed by atoms with Crippen molar-refractivity contribution in [2.24, 2.45) is 0 Å². The van der Waals surface area contributed by atoms with Crippen molar-refractivity contribution in [3.8, 4) is 5.75 Å². The highest BCUT2D eigenvalue weighted by Gasteiger charge is 2.17. The first-order valence-electron chi connectivity index (χ1n) is 5.73. The molecule has 0 unspecified atom stereocenters. The smallest absolute Gasteiger partial charge is 0.342 e. The maximum Gasteiger partial charge on any atom is 0.342 e. The second kappa shape index (κ2) is 5.83. The summed E-state index contributed by atoms with van der Waals surface area (Å²) in [6, 6.07) is 4.56. The van der Waals surface area contributed by atoms with E-state index < -0.39 is 5.97 Å². The molecule has 0 saturated carbocycles. The molecular formula is C13H13ClN2O4. The van der Waals surface area contributed by atoms with E-state index in [4.69, 9.17) is 31.3 Å². The van der Waals surface area contributed by atoms with Crippen molar-refractivity contribution in [3.63, 3.8) is 0 Å². The number of hydrogen-bond donors (Lipinski definition) is 1. The van der Waals surface area contributed by atoms with Crippen LogP contribution in [-0.4, -0.2) is 18.2 Å². The Balaban J connectivity index is 2.14. The van der Waals surface area contributed by atoms with Crippen LogP contribution in [0.4, 0.5) is 5.69 Å². The minimum Gasteiger partial charge on any atom is -0.496 e. The van der Waals surface area contributed by atoms with E-state index >= 15 is 0 Å². The number of aromatic nitrogens is 1. The summed E-state index contributed by atoms with van der Waals surface area (Å²) in [5.41, 5.74) is 6.70. The third kappa shape index (κ3) is 3.03. The van der Waals surface area contributed by atoms with Crippen LogP contribution in [0.3, 0.4) is 0 Å². The molecule has 2 N–H and O–H groups in total. The van der Waals surface area contributed by atoms with E-state index in [-0.39, 0.29) is 17.2 Å². The number of nitrogens with two attached hydrogens (primary N) is 1. The van der Waals surface area contributed by atoms with Gasteiger partial charge in [0.15, 0.2) is 0 Å². The van der Waals surface area contributed by atoms with E-state index in [1.54, 1.807) is 13.0 Å². The lowest BCUT2D eigenvalue weighted by Crippen LogP contribution is -2.08. The molecule has 0 aliphatic heterocycles. The second-order valence-corrected chi connectivity index (χ2v) is 4.49. The predicted molar refractivity (Wildman–Crippen MR) is 72.8 cm³/mol. The number of benzene rings is 1. The van der Waals surface area contributed by atoms with Gasteiger partial charge < -0.3 is 19.7 Å². The standard InChI is InChI=1S/C13H13ClN2O4/c1-7-3-8(16-20-7)6-19-13(17)9-4-10(14)11(15)5-12(9)18-2/h3-5H,6,15H2,1-2H3. The number of rotatable bonds is 4. The Kier molecular flexibility index (Phi) is 4.14. The van der Waals surface area contributed by atoms with Crippen LogP contribution in [0.25, 0.3) is 0 Å². The van der Waals surface area contributed by atoms with E-state index in [0.29, 0.717) is 22.9 Å². The summed E-state index contributed by atoms with van der Waals surface area (Å²) in [5, 5.41) is 3.99. The van der Waals surface area contributed by atoms with Crippen LogP contribution in [0.1, 0.15) is 21.8 Å². The molecule has 0 atom stereocenters. The van der Waals surface area contributed by atoms with Gasteiger partial charge in [-0.15, -0.1) is 0 Å². The summed E-state index contributed by atoms with van der Waals surface area (Å²) in [6.07, 6.45) is 0. The number of carbonyl (C=O) groups excluding carboxylic acids is 1. The van der Waals surface area contributed by atoms with Crippen molar-refractivity contribution in [1.29, 1.82) is 0 Å². The van der Waals surface area contributed by atoms with Gasteiger partial charge in [-0.2, -0.15) is 0 Å². The molecule has 7 heteroatoms. The monoisotopic (exact) mass is 296 g/mol. The number of aryl methyl sites for hydroxylation is 1. The maximum absolute atomic E-state index is 12.0. The van der Waals surface area contributed by atoms with Gasteiger partial charge in [0, 0.05) is 12.1 Å². The van der Waals surface area contributed by atoms with Crippen molar-refractivity contribution in [1.82, 2.24) is 5.16 Å². The highest BCUT2D eigenvalue weighted by atomic mass is 35.5. The van der Waals surface area contributed by atoms with Crippen molar-refractivity contribution < 1.29 is 18.8 Å². The Morgan fingerprint density at radius 2 is 2.20 bits per heavy atom. The fraction of sp³-hybridized carbons (Fsp3) is 0.231. The molecule has 1 heterocycles. The predicted octanol–water partition coefficient (Wildman–Crippen LogP) is 2.58. The van der Waals surface area contributed by atoms with Crippen molar-refractivity contribution >= 4 is 23.3 Å². The van der Waals surface area contributed by atoms with E-state index in [1.807, 2.05) is 0 Å². The Bertz CT molecular complexity index is 639. The van der Waals surface area contributed by atoms with Gasteiger partial charge in [-0.05, 0) is 13.0 Å². The third-order valence-electron chi connectivity index (χ3n) is 2.57. The molecule has 1 aromatic heterocycles. The number of hydrogen-bond acceptors (Lipinski definition) is 6. The summed E-state index contributed by atoms with van der Waals surface area (Å²) in [5.74, 6) is 0.363. The van der Waals surface area contributed by atoms with Crippen molar-refractivity contribution in [3.05, 3.63) is 40.2 Å².